The third-order valence-electron chi connectivity index (χ3n) is 4.66. The summed E-state index contributed by atoms with van der Waals surface area (Å²) in [5, 5.41) is 7.97. The second-order valence-corrected chi connectivity index (χ2v) is 6.45. The Bertz CT molecular complexity index is 874. The van der Waals surface area contributed by atoms with Crippen LogP contribution in [0.5, 0.6) is 0 Å². The molecule has 0 bridgehead atoms. The molecule has 3 aromatic rings. The van der Waals surface area contributed by atoms with Gasteiger partial charge in [0.25, 0.3) is 0 Å². The molecule has 1 fully saturated rings. The van der Waals surface area contributed by atoms with Gasteiger partial charge in [0.2, 0.25) is 5.89 Å². The summed E-state index contributed by atoms with van der Waals surface area (Å²) in [4.78, 5) is 20.9. The van der Waals surface area contributed by atoms with E-state index < -0.39 is 0 Å². The van der Waals surface area contributed by atoms with Crippen LogP contribution in [0.4, 0.5) is 5.82 Å². The number of nitrogens with zero attached hydrogens (tertiary/aromatic N) is 5. The highest BCUT2D eigenvalue weighted by atomic mass is 16.4. The number of amides is 1. The number of carbonyl (C=O) groups is 1. The third-order valence-corrected chi connectivity index (χ3v) is 4.66. The minimum absolute atomic E-state index is 0.0735. The lowest BCUT2D eigenvalue weighted by atomic mass is 10.1. The Balaban J connectivity index is 1.32. The highest BCUT2D eigenvalue weighted by molar-refractivity contribution is 5.89. The highest BCUT2D eigenvalue weighted by Gasteiger charge is 2.26. The molecule has 0 radical (unpaired) electrons. The predicted molar refractivity (Wildman–Crippen MR) is 101 cm³/mol. The zero-order valence-corrected chi connectivity index (χ0v) is 15.0. The summed E-state index contributed by atoms with van der Waals surface area (Å²) in [5.74, 6) is 1.30. The maximum absolute atomic E-state index is 12.6. The Morgan fingerprint density at radius 3 is 2.44 bits per heavy atom. The van der Waals surface area contributed by atoms with Gasteiger partial charge in [0.15, 0.2) is 0 Å². The van der Waals surface area contributed by atoms with Crippen LogP contribution in [-0.2, 0) is 12.8 Å². The van der Waals surface area contributed by atoms with Crippen LogP contribution in [0, 0.1) is 0 Å². The Morgan fingerprint density at radius 1 is 0.926 bits per heavy atom. The van der Waals surface area contributed by atoms with Crippen LogP contribution < -0.4 is 4.90 Å². The van der Waals surface area contributed by atoms with E-state index in [0.717, 1.165) is 25.3 Å². The van der Waals surface area contributed by atoms with Crippen molar-refractivity contribution in [2.24, 2.45) is 0 Å². The van der Waals surface area contributed by atoms with Crippen molar-refractivity contribution in [3.8, 4) is 0 Å². The van der Waals surface area contributed by atoms with Crippen molar-refractivity contribution in [3.05, 3.63) is 72.1 Å². The van der Waals surface area contributed by atoms with Crippen LogP contribution in [0.2, 0.25) is 0 Å². The first-order chi connectivity index (χ1) is 13.3. The van der Waals surface area contributed by atoms with Crippen molar-refractivity contribution in [2.45, 2.75) is 12.8 Å². The third kappa shape index (κ3) is 4.13. The Hall–Kier alpha value is -3.22. The van der Waals surface area contributed by atoms with E-state index in [9.17, 15) is 4.79 Å². The van der Waals surface area contributed by atoms with Gasteiger partial charge >= 0.3 is 11.8 Å². The van der Waals surface area contributed by atoms with Gasteiger partial charge in [-0.2, -0.15) is 0 Å². The molecule has 7 heteroatoms. The average Bonchev–Trinajstić information content (AvgIpc) is 3.22. The lowest BCUT2D eigenvalue weighted by Gasteiger charge is -2.34. The van der Waals surface area contributed by atoms with E-state index in [-0.39, 0.29) is 11.8 Å². The van der Waals surface area contributed by atoms with Crippen molar-refractivity contribution < 1.29 is 9.21 Å². The molecule has 1 amide bonds. The van der Waals surface area contributed by atoms with Gasteiger partial charge < -0.3 is 14.2 Å². The van der Waals surface area contributed by atoms with Crippen molar-refractivity contribution in [1.82, 2.24) is 20.1 Å². The number of benzene rings is 1. The molecule has 7 nitrogen and oxygen atoms in total. The van der Waals surface area contributed by atoms with Crippen LogP contribution in [0.15, 0.2) is 59.1 Å². The number of piperazine rings is 1. The molecule has 0 N–H and O–H groups in total. The molecule has 4 rings (SSSR count). The molecule has 0 aliphatic carbocycles. The van der Waals surface area contributed by atoms with E-state index in [2.05, 4.69) is 32.2 Å². The molecule has 1 saturated heterocycles. The number of anilines is 1. The Kier molecular flexibility index (Phi) is 5.09. The fourth-order valence-corrected chi connectivity index (χ4v) is 3.15. The Morgan fingerprint density at radius 2 is 1.70 bits per heavy atom. The van der Waals surface area contributed by atoms with E-state index in [1.54, 1.807) is 11.1 Å². The second-order valence-electron chi connectivity index (χ2n) is 6.45. The van der Waals surface area contributed by atoms with Crippen LogP contribution in [0.25, 0.3) is 0 Å². The molecule has 138 valence electrons. The molecule has 1 aliphatic heterocycles. The van der Waals surface area contributed by atoms with Crippen molar-refractivity contribution in [2.75, 3.05) is 31.1 Å². The first-order valence-electron chi connectivity index (χ1n) is 9.11. The summed E-state index contributed by atoms with van der Waals surface area (Å²) >= 11 is 0. The molecule has 0 atom stereocenters. The summed E-state index contributed by atoms with van der Waals surface area (Å²) in [7, 11) is 0. The van der Waals surface area contributed by atoms with Gasteiger partial charge in [-0.05, 0) is 24.1 Å². The fraction of sp³-hybridized carbons (Fsp3) is 0.300. The quantitative estimate of drug-likeness (QED) is 0.692. The standard InChI is InChI=1S/C20H21N5O2/c26-20(25-14-12-24(13-15-25)17-8-4-5-11-21-17)19-23-22-18(27-19)10-9-16-6-2-1-3-7-16/h1-8,11H,9-10,12-15H2. The van der Waals surface area contributed by atoms with Crippen molar-refractivity contribution in [1.29, 1.82) is 0 Å². The summed E-state index contributed by atoms with van der Waals surface area (Å²) in [6, 6.07) is 16.0. The normalized spacial score (nSPS) is 14.4. The van der Waals surface area contributed by atoms with Gasteiger partial charge in [0.1, 0.15) is 5.82 Å². The lowest BCUT2D eigenvalue weighted by Crippen LogP contribution is -2.49. The first-order valence-corrected chi connectivity index (χ1v) is 9.11. The van der Waals surface area contributed by atoms with Gasteiger partial charge in [-0.3, -0.25) is 4.79 Å². The smallest absolute Gasteiger partial charge is 0.311 e. The fourth-order valence-electron chi connectivity index (χ4n) is 3.15. The van der Waals surface area contributed by atoms with Crippen molar-refractivity contribution >= 4 is 11.7 Å². The van der Waals surface area contributed by atoms with Gasteiger partial charge in [-0.25, -0.2) is 4.98 Å². The average molecular weight is 363 g/mol. The number of hydrogen-bond donors (Lipinski definition) is 0. The number of hydrogen-bond acceptors (Lipinski definition) is 6. The zero-order chi connectivity index (χ0) is 18.5. The predicted octanol–water partition coefficient (Wildman–Crippen LogP) is 2.21. The highest BCUT2D eigenvalue weighted by Crippen LogP contribution is 2.14. The summed E-state index contributed by atoms with van der Waals surface area (Å²) in [5.41, 5.74) is 1.20. The second kappa shape index (κ2) is 7.99. The van der Waals surface area contributed by atoms with Gasteiger partial charge in [-0.1, -0.05) is 36.4 Å². The lowest BCUT2D eigenvalue weighted by molar-refractivity contribution is 0.0704. The van der Waals surface area contributed by atoms with Gasteiger partial charge in [-0.15, -0.1) is 10.2 Å². The number of rotatable bonds is 5. The summed E-state index contributed by atoms with van der Waals surface area (Å²) in [6.07, 6.45) is 3.21. The minimum Gasteiger partial charge on any atom is -0.417 e. The topological polar surface area (TPSA) is 75.4 Å². The molecule has 0 spiro atoms. The molecule has 3 heterocycles. The largest absolute Gasteiger partial charge is 0.417 e. The van der Waals surface area contributed by atoms with E-state index in [4.69, 9.17) is 4.42 Å². The molecular formula is C20H21N5O2. The summed E-state index contributed by atoms with van der Waals surface area (Å²) in [6.45, 7) is 2.68. The summed E-state index contributed by atoms with van der Waals surface area (Å²) < 4.78 is 5.59. The first kappa shape index (κ1) is 17.2. The van der Waals surface area contributed by atoms with E-state index in [1.165, 1.54) is 5.56 Å². The monoisotopic (exact) mass is 363 g/mol. The maximum Gasteiger partial charge on any atom is 0.311 e. The zero-order valence-electron chi connectivity index (χ0n) is 15.0. The van der Waals surface area contributed by atoms with E-state index in [1.807, 2.05) is 36.4 Å². The Labute approximate surface area is 157 Å². The van der Waals surface area contributed by atoms with Crippen LogP contribution >= 0.6 is 0 Å². The van der Waals surface area contributed by atoms with Gasteiger partial charge in [0.05, 0.1) is 0 Å². The van der Waals surface area contributed by atoms with Crippen LogP contribution in [-0.4, -0.2) is 52.2 Å². The molecular weight excluding hydrogens is 342 g/mol. The molecule has 2 aromatic heterocycles. The van der Waals surface area contributed by atoms with Crippen LogP contribution in [0.3, 0.4) is 0 Å². The van der Waals surface area contributed by atoms with E-state index in [0.29, 0.717) is 25.4 Å². The minimum atomic E-state index is -0.200. The SMILES string of the molecule is O=C(c1nnc(CCc2ccccc2)o1)N1CCN(c2ccccn2)CC1. The molecule has 1 aliphatic rings. The number of pyridine rings is 1. The number of carbonyl (C=O) groups excluding carboxylic acids is 1. The van der Waals surface area contributed by atoms with E-state index >= 15 is 0 Å². The number of aromatic nitrogens is 3. The molecule has 0 unspecified atom stereocenters. The number of aryl methyl sites for hydroxylation is 2. The van der Waals surface area contributed by atoms with Gasteiger partial charge in [0, 0.05) is 38.8 Å². The van der Waals surface area contributed by atoms with Crippen LogP contribution in [0.1, 0.15) is 22.1 Å². The van der Waals surface area contributed by atoms with Crippen molar-refractivity contribution in [3.63, 3.8) is 0 Å². The maximum atomic E-state index is 12.6. The molecule has 27 heavy (non-hydrogen) atoms. The molecule has 1 aromatic carbocycles. The molecule has 0 saturated carbocycles.